The Bertz CT molecular complexity index is 356. The molecule has 1 aromatic carbocycles. The van der Waals surface area contributed by atoms with Gasteiger partial charge in [-0.25, -0.2) is 0 Å². The van der Waals surface area contributed by atoms with E-state index in [2.05, 4.69) is 20.7 Å². The van der Waals surface area contributed by atoms with Crippen LogP contribution in [0.2, 0.25) is 0 Å². The van der Waals surface area contributed by atoms with Gasteiger partial charge in [-0.1, -0.05) is 0 Å². The number of nitrogens with two attached hydrogens (primary N) is 1. The molecule has 0 atom stereocenters. The average Bonchev–Trinajstić information content (AvgIpc) is 2.04. The molecule has 0 unspecified atom stereocenters. The minimum absolute atomic E-state index is 0.229. The number of hydrogen-bond donors (Lipinski definition) is 1. The first-order valence-corrected chi connectivity index (χ1v) is 5.17. The van der Waals surface area contributed by atoms with E-state index in [1.54, 1.807) is 22.6 Å². The first kappa shape index (κ1) is 11.9. The van der Waals surface area contributed by atoms with Gasteiger partial charge in [0, 0.05) is 4.47 Å². The molecule has 1 rings (SSSR count). The first-order chi connectivity index (χ1) is 6.31. The zero-order chi connectivity index (χ0) is 10.9. The molecule has 0 aliphatic rings. The van der Waals surface area contributed by atoms with Crippen molar-refractivity contribution in [2.24, 2.45) is 0 Å². The molecular weight excluding hydrogens is 378 g/mol. The highest BCUT2D eigenvalue weighted by Gasteiger charge is 2.32. The van der Waals surface area contributed by atoms with E-state index >= 15 is 0 Å². The first-order valence-electron chi connectivity index (χ1n) is 3.30. The van der Waals surface area contributed by atoms with E-state index in [-0.39, 0.29) is 15.0 Å². The Morgan fingerprint density at radius 3 is 2.43 bits per heavy atom. The molecule has 0 aromatic heterocycles. The number of benzene rings is 1. The molecule has 0 amide bonds. The lowest BCUT2D eigenvalue weighted by molar-refractivity contribution is -0.274. The number of anilines is 1. The van der Waals surface area contributed by atoms with Crippen LogP contribution in [-0.2, 0) is 0 Å². The molecule has 0 bridgehead atoms. The van der Waals surface area contributed by atoms with Gasteiger partial charge in [-0.15, -0.1) is 13.2 Å². The summed E-state index contributed by atoms with van der Waals surface area (Å²) in [7, 11) is 0. The Balaban J connectivity index is 3.06. The molecule has 14 heavy (non-hydrogen) atoms. The zero-order valence-corrected chi connectivity index (χ0v) is 10.3. The number of alkyl halides is 3. The highest BCUT2D eigenvalue weighted by molar-refractivity contribution is 14.1. The maximum absolute atomic E-state index is 11.9. The van der Waals surface area contributed by atoms with E-state index < -0.39 is 6.36 Å². The minimum Gasteiger partial charge on any atom is -0.405 e. The van der Waals surface area contributed by atoms with Crippen LogP contribution < -0.4 is 10.5 Å². The van der Waals surface area contributed by atoms with Crippen LogP contribution in [-0.4, -0.2) is 6.36 Å². The average molecular weight is 382 g/mol. The highest BCUT2D eigenvalue weighted by atomic mass is 127. The Morgan fingerprint density at radius 2 is 1.93 bits per heavy atom. The van der Waals surface area contributed by atoms with Crippen molar-refractivity contribution >= 4 is 44.2 Å². The Morgan fingerprint density at radius 1 is 1.36 bits per heavy atom. The van der Waals surface area contributed by atoms with Crippen molar-refractivity contribution in [3.05, 3.63) is 20.2 Å². The van der Waals surface area contributed by atoms with Crippen LogP contribution in [0.3, 0.4) is 0 Å². The molecule has 0 fully saturated rings. The van der Waals surface area contributed by atoms with Gasteiger partial charge in [0.05, 0.1) is 9.26 Å². The van der Waals surface area contributed by atoms with Gasteiger partial charge < -0.3 is 10.5 Å². The van der Waals surface area contributed by atoms with Gasteiger partial charge in [0.1, 0.15) is 5.75 Å². The lowest BCUT2D eigenvalue weighted by atomic mass is 10.3. The largest absolute Gasteiger partial charge is 0.573 e. The SMILES string of the molecule is Nc1c(Br)ccc(OC(F)(F)F)c1I. The van der Waals surface area contributed by atoms with E-state index in [9.17, 15) is 13.2 Å². The summed E-state index contributed by atoms with van der Waals surface area (Å²) in [6.07, 6.45) is -4.69. The molecule has 0 radical (unpaired) electrons. The van der Waals surface area contributed by atoms with Crippen LogP contribution in [0.15, 0.2) is 16.6 Å². The third kappa shape index (κ3) is 2.91. The van der Waals surface area contributed by atoms with Crippen LogP contribution in [0.25, 0.3) is 0 Å². The Kier molecular flexibility index (Phi) is 3.51. The molecule has 0 spiro atoms. The topological polar surface area (TPSA) is 35.2 Å². The van der Waals surface area contributed by atoms with Crippen molar-refractivity contribution in [2.45, 2.75) is 6.36 Å². The molecule has 0 aliphatic heterocycles. The second kappa shape index (κ2) is 4.13. The van der Waals surface area contributed by atoms with Gasteiger partial charge in [-0.05, 0) is 50.7 Å². The van der Waals surface area contributed by atoms with Gasteiger partial charge in [-0.3, -0.25) is 0 Å². The zero-order valence-electron chi connectivity index (χ0n) is 6.53. The van der Waals surface area contributed by atoms with E-state index in [0.29, 0.717) is 4.47 Å². The fourth-order valence-electron chi connectivity index (χ4n) is 0.753. The number of rotatable bonds is 1. The number of nitrogen functional groups attached to an aromatic ring is 1. The monoisotopic (exact) mass is 381 g/mol. The van der Waals surface area contributed by atoms with Crippen LogP contribution >= 0.6 is 38.5 Å². The van der Waals surface area contributed by atoms with Crippen molar-refractivity contribution in [1.29, 1.82) is 0 Å². The van der Waals surface area contributed by atoms with Crippen molar-refractivity contribution in [2.75, 3.05) is 5.73 Å². The van der Waals surface area contributed by atoms with Crippen molar-refractivity contribution in [3.63, 3.8) is 0 Å². The lowest BCUT2D eigenvalue weighted by Crippen LogP contribution is -2.18. The van der Waals surface area contributed by atoms with E-state index in [1.807, 2.05) is 0 Å². The quantitative estimate of drug-likeness (QED) is 0.596. The summed E-state index contributed by atoms with van der Waals surface area (Å²) in [5.74, 6) is -0.293. The normalized spacial score (nSPS) is 11.5. The molecule has 0 aliphatic carbocycles. The van der Waals surface area contributed by atoms with Crippen LogP contribution in [0.4, 0.5) is 18.9 Å². The van der Waals surface area contributed by atoms with Gasteiger partial charge in [-0.2, -0.15) is 0 Å². The van der Waals surface area contributed by atoms with Gasteiger partial charge in [0.2, 0.25) is 0 Å². The second-order valence-electron chi connectivity index (χ2n) is 2.32. The van der Waals surface area contributed by atoms with Crippen molar-refractivity contribution in [3.8, 4) is 5.75 Å². The predicted molar refractivity (Wildman–Crippen MR) is 58.0 cm³/mol. The maximum Gasteiger partial charge on any atom is 0.573 e. The number of hydrogen-bond acceptors (Lipinski definition) is 2. The molecule has 1 aromatic rings. The summed E-state index contributed by atoms with van der Waals surface area (Å²) in [5, 5.41) is 0. The smallest absolute Gasteiger partial charge is 0.405 e. The predicted octanol–water partition coefficient (Wildman–Crippen LogP) is 3.53. The summed E-state index contributed by atoms with van der Waals surface area (Å²) in [5.41, 5.74) is 5.73. The second-order valence-corrected chi connectivity index (χ2v) is 4.25. The highest BCUT2D eigenvalue weighted by Crippen LogP contribution is 2.35. The molecule has 2 nitrogen and oxygen atoms in total. The van der Waals surface area contributed by atoms with Crippen molar-refractivity contribution < 1.29 is 17.9 Å². The fraction of sp³-hybridized carbons (Fsp3) is 0.143. The molecule has 0 saturated carbocycles. The molecule has 7 heteroatoms. The molecule has 0 saturated heterocycles. The van der Waals surface area contributed by atoms with Crippen molar-refractivity contribution in [1.82, 2.24) is 0 Å². The van der Waals surface area contributed by atoms with Gasteiger partial charge in [0.15, 0.2) is 0 Å². The summed E-state index contributed by atoms with van der Waals surface area (Å²) >= 11 is 4.78. The minimum atomic E-state index is -4.69. The summed E-state index contributed by atoms with van der Waals surface area (Å²) < 4.78 is 40.2. The standard InChI is InChI=1S/C7H4BrF3INO/c8-3-1-2-4(5(12)6(3)13)14-7(9,10)11/h1-2H,13H2. The number of halogens is 5. The molecule has 0 heterocycles. The molecule has 2 N–H and O–H groups in total. The van der Waals surface area contributed by atoms with E-state index in [4.69, 9.17) is 5.73 Å². The van der Waals surface area contributed by atoms with Crippen LogP contribution in [0, 0.1) is 3.57 Å². The third-order valence-corrected chi connectivity index (χ3v) is 3.12. The molecule has 78 valence electrons. The summed E-state index contributed by atoms with van der Waals surface area (Å²) in [6.45, 7) is 0. The summed E-state index contributed by atoms with van der Waals surface area (Å²) in [6, 6.07) is 2.61. The van der Waals surface area contributed by atoms with Gasteiger partial charge >= 0.3 is 6.36 Å². The van der Waals surface area contributed by atoms with E-state index in [1.165, 1.54) is 12.1 Å². The maximum atomic E-state index is 11.9. The van der Waals surface area contributed by atoms with Crippen LogP contribution in [0.1, 0.15) is 0 Å². The molecular formula is C7H4BrF3INO. The summed E-state index contributed by atoms with van der Waals surface area (Å²) in [4.78, 5) is 0. The lowest BCUT2D eigenvalue weighted by Gasteiger charge is -2.12. The fourth-order valence-corrected chi connectivity index (χ4v) is 2.03. The third-order valence-electron chi connectivity index (χ3n) is 1.32. The Labute approximate surface area is 99.9 Å². The van der Waals surface area contributed by atoms with Crippen LogP contribution in [0.5, 0.6) is 5.75 Å². The van der Waals surface area contributed by atoms with E-state index in [0.717, 1.165) is 0 Å². The van der Waals surface area contributed by atoms with Gasteiger partial charge in [0.25, 0.3) is 0 Å². The Hall–Kier alpha value is -0.180. The number of ether oxygens (including phenoxy) is 1.